The monoisotopic (exact) mass is 254 g/mol. The first-order valence-corrected chi connectivity index (χ1v) is 6.89. The molecule has 2 N–H and O–H groups in total. The number of nitrogens with one attached hydrogen (secondary N) is 2. The van der Waals surface area contributed by atoms with E-state index in [0.717, 1.165) is 32.0 Å². The van der Waals surface area contributed by atoms with Gasteiger partial charge in [-0.1, -0.05) is 13.8 Å². The van der Waals surface area contributed by atoms with Crippen molar-refractivity contribution in [3.05, 3.63) is 0 Å². The molecule has 0 aromatic rings. The lowest BCUT2D eigenvalue weighted by Gasteiger charge is -2.33. The lowest BCUT2D eigenvalue weighted by molar-refractivity contribution is -0.120. The fraction of sp³-hybridized carbons (Fsp3) is 0.846. The molecular formula is C13H26N4O. The summed E-state index contributed by atoms with van der Waals surface area (Å²) in [7, 11) is 1.77. The van der Waals surface area contributed by atoms with Crippen molar-refractivity contribution in [3.8, 4) is 0 Å². The number of carbonyl (C=O) groups is 1. The smallest absolute Gasteiger partial charge is 0.239 e. The highest BCUT2D eigenvalue weighted by Gasteiger charge is 2.19. The highest BCUT2D eigenvalue weighted by Crippen LogP contribution is 2.15. The minimum Gasteiger partial charge on any atom is -0.355 e. The Morgan fingerprint density at radius 2 is 2.22 bits per heavy atom. The lowest BCUT2D eigenvalue weighted by atomic mass is 10.0. The van der Waals surface area contributed by atoms with E-state index in [1.54, 1.807) is 7.05 Å². The predicted octanol–water partition coefficient (Wildman–Crippen LogP) is 0.820. The topological polar surface area (TPSA) is 56.7 Å². The van der Waals surface area contributed by atoms with Crippen LogP contribution in [0.2, 0.25) is 0 Å². The van der Waals surface area contributed by atoms with Crippen LogP contribution in [0.4, 0.5) is 0 Å². The molecule has 0 aromatic heterocycles. The number of piperidine rings is 1. The van der Waals surface area contributed by atoms with Crippen LogP contribution in [0, 0.1) is 5.92 Å². The predicted molar refractivity (Wildman–Crippen MR) is 74.6 cm³/mol. The molecule has 1 aliphatic rings. The number of likely N-dealkylation sites (tertiary alicyclic amines) is 1. The Labute approximate surface area is 110 Å². The molecule has 1 amide bonds. The summed E-state index contributed by atoms with van der Waals surface area (Å²) in [6.07, 6.45) is 3.44. The van der Waals surface area contributed by atoms with Crippen LogP contribution in [-0.2, 0) is 4.79 Å². The second-order valence-electron chi connectivity index (χ2n) is 4.94. The largest absolute Gasteiger partial charge is 0.355 e. The highest BCUT2D eigenvalue weighted by molar-refractivity contribution is 5.86. The summed E-state index contributed by atoms with van der Waals surface area (Å²) in [4.78, 5) is 18.0. The zero-order valence-electron chi connectivity index (χ0n) is 11.8. The molecule has 0 aromatic carbocycles. The Morgan fingerprint density at radius 1 is 1.44 bits per heavy atom. The van der Waals surface area contributed by atoms with Crippen molar-refractivity contribution in [1.82, 2.24) is 15.5 Å². The zero-order chi connectivity index (χ0) is 13.4. The first-order valence-electron chi connectivity index (χ1n) is 6.89. The SMILES string of the molecule is CCCNC(=O)CNC(=NC)N1CCCC(C)C1. The Kier molecular flexibility index (Phi) is 6.54. The van der Waals surface area contributed by atoms with Gasteiger partial charge in [-0.15, -0.1) is 0 Å². The Bertz CT molecular complexity index is 291. The van der Waals surface area contributed by atoms with Gasteiger partial charge in [0.2, 0.25) is 5.91 Å². The van der Waals surface area contributed by atoms with Gasteiger partial charge in [-0.2, -0.15) is 0 Å². The van der Waals surface area contributed by atoms with Gasteiger partial charge in [0.05, 0.1) is 6.54 Å². The molecule has 1 heterocycles. The summed E-state index contributed by atoms with van der Waals surface area (Å²) >= 11 is 0. The quantitative estimate of drug-likeness (QED) is 0.577. The molecule has 0 bridgehead atoms. The summed E-state index contributed by atoms with van der Waals surface area (Å²) in [6, 6.07) is 0. The maximum atomic E-state index is 11.5. The molecule has 1 rings (SSSR count). The van der Waals surface area contributed by atoms with E-state index in [1.807, 2.05) is 6.92 Å². The van der Waals surface area contributed by atoms with E-state index < -0.39 is 0 Å². The molecule has 5 heteroatoms. The number of aliphatic imine (C=N–C) groups is 1. The van der Waals surface area contributed by atoms with Crippen molar-refractivity contribution in [2.75, 3.05) is 33.2 Å². The van der Waals surface area contributed by atoms with Crippen LogP contribution in [0.1, 0.15) is 33.1 Å². The molecule has 0 radical (unpaired) electrons. The third kappa shape index (κ3) is 4.94. The van der Waals surface area contributed by atoms with Crippen LogP contribution < -0.4 is 10.6 Å². The molecule has 1 atom stereocenters. The standard InChI is InChI=1S/C13H26N4O/c1-4-7-15-12(18)9-16-13(14-3)17-8-5-6-11(2)10-17/h11H,4-10H2,1-3H3,(H,14,16)(H,15,18). The van der Waals surface area contributed by atoms with Crippen LogP contribution in [0.3, 0.4) is 0 Å². The summed E-state index contributed by atoms with van der Waals surface area (Å²) < 4.78 is 0. The van der Waals surface area contributed by atoms with Crippen molar-refractivity contribution in [2.45, 2.75) is 33.1 Å². The number of rotatable bonds is 4. The maximum Gasteiger partial charge on any atom is 0.239 e. The van der Waals surface area contributed by atoms with Gasteiger partial charge in [0.15, 0.2) is 5.96 Å². The van der Waals surface area contributed by atoms with Crippen LogP contribution in [0.15, 0.2) is 4.99 Å². The molecule has 0 aliphatic carbocycles. The normalized spacial score (nSPS) is 20.7. The molecule has 104 valence electrons. The summed E-state index contributed by atoms with van der Waals surface area (Å²) in [6.45, 7) is 7.39. The van der Waals surface area contributed by atoms with Gasteiger partial charge in [-0.05, 0) is 25.2 Å². The van der Waals surface area contributed by atoms with E-state index in [-0.39, 0.29) is 5.91 Å². The van der Waals surface area contributed by atoms with Crippen molar-refractivity contribution in [1.29, 1.82) is 0 Å². The number of carbonyl (C=O) groups excluding carboxylic acids is 1. The van der Waals surface area contributed by atoms with Crippen LogP contribution in [0.25, 0.3) is 0 Å². The van der Waals surface area contributed by atoms with E-state index in [4.69, 9.17) is 0 Å². The highest BCUT2D eigenvalue weighted by atomic mass is 16.1. The van der Waals surface area contributed by atoms with Gasteiger partial charge in [-0.25, -0.2) is 0 Å². The van der Waals surface area contributed by atoms with Crippen molar-refractivity contribution >= 4 is 11.9 Å². The minimum absolute atomic E-state index is 0.0306. The number of amides is 1. The van der Waals surface area contributed by atoms with Crippen LogP contribution in [-0.4, -0.2) is 50.0 Å². The van der Waals surface area contributed by atoms with Gasteiger partial charge >= 0.3 is 0 Å². The lowest BCUT2D eigenvalue weighted by Crippen LogP contribution is -2.48. The fourth-order valence-corrected chi connectivity index (χ4v) is 2.20. The number of guanidine groups is 1. The average Bonchev–Trinajstić information content (AvgIpc) is 2.37. The molecule has 1 aliphatic heterocycles. The van der Waals surface area contributed by atoms with Crippen LogP contribution in [0.5, 0.6) is 0 Å². The van der Waals surface area contributed by atoms with E-state index >= 15 is 0 Å². The Morgan fingerprint density at radius 3 is 2.83 bits per heavy atom. The second kappa shape index (κ2) is 7.95. The van der Waals surface area contributed by atoms with E-state index in [9.17, 15) is 4.79 Å². The van der Waals surface area contributed by atoms with Crippen molar-refractivity contribution in [2.24, 2.45) is 10.9 Å². The first-order chi connectivity index (χ1) is 8.67. The fourth-order valence-electron chi connectivity index (χ4n) is 2.20. The van der Waals surface area contributed by atoms with Crippen molar-refractivity contribution < 1.29 is 4.79 Å². The first kappa shape index (κ1) is 14.8. The van der Waals surface area contributed by atoms with Gasteiger partial charge in [0.1, 0.15) is 0 Å². The molecule has 1 fully saturated rings. The Balaban J connectivity index is 2.35. The number of hydrogen-bond acceptors (Lipinski definition) is 2. The summed E-state index contributed by atoms with van der Waals surface area (Å²) in [5.74, 6) is 1.57. The molecule has 0 spiro atoms. The average molecular weight is 254 g/mol. The maximum absolute atomic E-state index is 11.5. The summed E-state index contributed by atoms with van der Waals surface area (Å²) in [5, 5.41) is 5.98. The van der Waals surface area contributed by atoms with Crippen molar-refractivity contribution in [3.63, 3.8) is 0 Å². The third-order valence-electron chi connectivity index (χ3n) is 3.15. The van der Waals surface area contributed by atoms with Crippen LogP contribution >= 0.6 is 0 Å². The molecule has 1 saturated heterocycles. The minimum atomic E-state index is 0.0306. The number of hydrogen-bond donors (Lipinski definition) is 2. The van der Waals surface area contributed by atoms with Gasteiger partial charge in [0, 0.05) is 26.7 Å². The van der Waals surface area contributed by atoms with E-state index in [2.05, 4.69) is 27.4 Å². The van der Waals surface area contributed by atoms with E-state index in [0.29, 0.717) is 12.5 Å². The zero-order valence-corrected chi connectivity index (χ0v) is 11.8. The Hall–Kier alpha value is -1.26. The molecule has 5 nitrogen and oxygen atoms in total. The van der Waals surface area contributed by atoms with E-state index in [1.165, 1.54) is 12.8 Å². The van der Waals surface area contributed by atoms with Gasteiger partial charge in [0.25, 0.3) is 0 Å². The number of nitrogens with zero attached hydrogens (tertiary/aromatic N) is 2. The summed E-state index contributed by atoms with van der Waals surface area (Å²) in [5.41, 5.74) is 0. The molecular weight excluding hydrogens is 228 g/mol. The third-order valence-corrected chi connectivity index (χ3v) is 3.15. The van der Waals surface area contributed by atoms with Gasteiger partial charge in [-0.3, -0.25) is 9.79 Å². The molecule has 0 saturated carbocycles. The van der Waals surface area contributed by atoms with Gasteiger partial charge < -0.3 is 15.5 Å². The molecule has 18 heavy (non-hydrogen) atoms. The molecule has 1 unspecified atom stereocenters. The second-order valence-corrected chi connectivity index (χ2v) is 4.94.